The minimum atomic E-state index is -0.171. The first kappa shape index (κ1) is 27.6. The number of hydrogen-bond donors (Lipinski definition) is 1. The van der Waals surface area contributed by atoms with E-state index in [9.17, 15) is 9.59 Å². The van der Waals surface area contributed by atoms with Crippen LogP contribution in [-0.4, -0.2) is 47.8 Å². The lowest BCUT2D eigenvalue weighted by Gasteiger charge is -2.38. The van der Waals surface area contributed by atoms with E-state index in [0.717, 1.165) is 69.2 Å². The van der Waals surface area contributed by atoms with E-state index in [2.05, 4.69) is 60.7 Å². The number of nitrogens with one attached hydrogen (secondary N) is 1. The molecule has 2 saturated heterocycles. The maximum Gasteiger partial charge on any atom is 0.229 e. The fraction of sp³-hybridized carbons (Fsp3) is 0.571. The normalized spacial score (nSPS) is 21.0. The molecular weight excluding hydrogens is 558 g/mol. The van der Waals surface area contributed by atoms with Gasteiger partial charge in [-0.15, -0.1) is 23.7 Å². The van der Waals surface area contributed by atoms with Crippen molar-refractivity contribution in [1.29, 1.82) is 0 Å². The number of benzene rings is 1. The summed E-state index contributed by atoms with van der Waals surface area (Å²) in [6, 6.07) is 12.6. The minimum absolute atomic E-state index is 0. The summed E-state index contributed by atoms with van der Waals surface area (Å²) in [5.74, 6) is 0.780. The van der Waals surface area contributed by atoms with Gasteiger partial charge in [-0.3, -0.25) is 9.59 Å². The van der Waals surface area contributed by atoms with Gasteiger partial charge >= 0.3 is 0 Å². The van der Waals surface area contributed by atoms with Crippen LogP contribution in [0.2, 0.25) is 0 Å². The van der Waals surface area contributed by atoms with Crippen molar-refractivity contribution in [3.05, 3.63) is 56.7 Å². The smallest absolute Gasteiger partial charge is 0.229 e. The number of hydrogen-bond acceptors (Lipinski definition) is 4. The molecule has 0 bridgehead atoms. The van der Waals surface area contributed by atoms with Crippen molar-refractivity contribution >= 4 is 51.5 Å². The van der Waals surface area contributed by atoms with E-state index in [0.29, 0.717) is 12.5 Å². The Kier molecular flexibility index (Phi) is 9.53. The van der Waals surface area contributed by atoms with Crippen LogP contribution in [0.25, 0.3) is 0 Å². The quantitative estimate of drug-likeness (QED) is 0.397. The summed E-state index contributed by atoms with van der Waals surface area (Å²) in [5.41, 5.74) is 1.02. The Morgan fingerprint density at radius 1 is 1.08 bits per heavy atom. The van der Waals surface area contributed by atoms with E-state index in [1.807, 2.05) is 12.1 Å². The number of thiophene rings is 1. The lowest BCUT2D eigenvalue weighted by Crippen LogP contribution is -2.45. The number of carbonyl (C=O) groups excluding carboxylic acids is 2. The molecule has 1 spiro atoms. The van der Waals surface area contributed by atoms with Crippen molar-refractivity contribution in [3.63, 3.8) is 0 Å². The first-order valence-electron chi connectivity index (χ1n) is 13.1. The average molecular weight is 595 g/mol. The predicted octanol–water partition coefficient (Wildman–Crippen LogP) is 6.18. The zero-order valence-corrected chi connectivity index (χ0v) is 24.0. The van der Waals surface area contributed by atoms with Crippen molar-refractivity contribution < 1.29 is 9.59 Å². The lowest BCUT2D eigenvalue weighted by atomic mass is 9.77. The second-order valence-electron chi connectivity index (χ2n) is 10.6. The van der Waals surface area contributed by atoms with Crippen molar-refractivity contribution in [2.24, 2.45) is 11.3 Å². The predicted molar refractivity (Wildman–Crippen MR) is 151 cm³/mol. The van der Waals surface area contributed by atoms with Crippen LogP contribution in [0.3, 0.4) is 0 Å². The topological polar surface area (TPSA) is 52.7 Å². The molecule has 1 aromatic heterocycles. The Bertz CT molecular complexity index is 1000. The van der Waals surface area contributed by atoms with Crippen molar-refractivity contribution in [2.45, 2.75) is 64.0 Å². The van der Waals surface area contributed by atoms with E-state index in [4.69, 9.17) is 0 Å². The van der Waals surface area contributed by atoms with Crippen LogP contribution in [0, 0.1) is 11.3 Å². The summed E-state index contributed by atoms with van der Waals surface area (Å²) >= 11 is 5.22. The molecule has 1 saturated carbocycles. The van der Waals surface area contributed by atoms with Crippen molar-refractivity contribution in [2.75, 3.05) is 26.2 Å². The Hall–Kier alpha value is -1.41. The van der Waals surface area contributed by atoms with Gasteiger partial charge in [0.25, 0.3) is 0 Å². The number of rotatable bonds is 8. The highest BCUT2D eigenvalue weighted by Gasteiger charge is 2.47. The zero-order chi connectivity index (χ0) is 24.3. The number of amides is 2. The maximum absolute atomic E-state index is 13.4. The van der Waals surface area contributed by atoms with Gasteiger partial charge in [0.2, 0.25) is 11.8 Å². The van der Waals surface area contributed by atoms with E-state index in [1.165, 1.54) is 23.3 Å². The van der Waals surface area contributed by atoms with Crippen LogP contribution in [0.1, 0.15) is 67.8 Å². The molecule has 196 valence electrons. The van der Waals surface area contributed by atoms with Crippen LogP contribution in [-0.2, 0) is 16.1 Å². The zero-order valence-electron chi connectivity index (χ0n) is 20.8. The molecule has 1 aliphatic carbocycles. The Balaban J connectivity index is 0.00000304. The summed E-state index contributed by atoms with van der Waals surface area (Å²) in [5, 5.41) is 5.47. The highest BCUT2D eigenvalue weighted by atomic mass is 79.9. The Labute approximate surface area is 233 Å². The second-order valence-corrected chi connectivity index (χ2v) is 12.5. The Morgan fingerprint density at radius 2 is 1.78 bits per heavy atom. The summed E-state index contributed by atoms with van der Waals surface area (Å²) in [7, 11) is 0. The third kappa shape index (κ3) is 6.35. The van der Waals surface area contributed by atoms with Gasteiger partial charge in [-0.1, -0.05) is 47.0 Å². The molecule has 5 nitrogen and oxygen atoms in total. The third-order valence-electron chi connectivity index (χ3n) is 8.36. The van der Waals surface area contributed by atoms with Crippen LogP contribution in [0.5, 0.6) is 0 Å². The summed E-state index contributed by atoms with van der Waals surface area (Å²) in [4.78, 5) is 32.0. The molecule has 0 radical (unpaired) electrons. The van der Waals surface area contributed by atoms with Gasteiger partial charge in [0.05, 0.1) is 11.5 Å². The first-order chi connectivity index (χ1) is 17.0. The molecule has 3 heterocycles. The molecule has 2 amide bonds. The fourth-order valence-electron chi connectivity index (χ4n) is 6.09. The monoisotopic (exact) mass is 593 g/mol. The SMILES string of the molecule is Cl.O=C(NC(CCN1CCC2(CC1)CCN(Cc1ccc(Br)cc1)C2=O)c1cccs1)C1CCCC1. The molecule has 3 fully saturated rings. The fourth-order valence-corrected chi connectivity index (χ4v) is 7.16. The molecule has 1 aromatic carbocycles. The average Bonchev–Trinajstić information content (AvgIpc) is 3.64. The van der Waals surface area contributed by atoms with Gasteiger partial charge in [-0.25, -0.2) is 0 Å². The third-order valence-corrected chi connectivity index (χ3v) is 9.88. The first-order valence-corrected chi connectivity index (χ1v) is 14.8. The number of nitrogens with zero attached hydrogens (tertiary/aromatic N) is 2. The number of carbonyl (C=O) groups is 2. The molecule has 36 heavy (non-hydrogen) atoms. The highest BCUT2D eigenvalue weighted by molar-refractivity contribution is 9.10. The summed E-state index contributed by atoms with van der Waals surface area (Å²) < 4.78 is 1.07. The van der Waals surface area contributed by atoms with Gasteiger partial charge in [0.1, 0.15) is 0 Å². The molecule has 1 N–H and O–H groups in total. The standard InChI is InChI=1S/C28H36BrN3O2S.ClH/c29-23-9-7-21(8-10-23)20-32-18-14-28(27(32)34)12-16-31(17-13-28)15-11-24(25-6-3-19-35-25)30-26(33)22-4-1-2-5-22;/h3,6-10,19,22,24H,1-2,4-5,11-18,20H2,(H,30,33);1H. The van der Waals surface area contributed by atoms with Gasteiger partial charge in [0, 0.05) is 34.9 Å². The molecule has 3 aliphatic rings. The summed E-state index contributed by atoms with van der Waals surface area (Å²) in [6.45, 7) is 4.46. The van der Waals surface area contributed by atoms with E-state index in [1.54, 1.807) is 11.3 Å². The molecule has 5 rings (SSSR count). The van der Waals surface area contributed by atoms with Gasteiger partial charge in [-0.2, -0.15) is 0 Å². The molecule has 1 atom stereocenters. The number of halogens is 2. The van der Waals surface area contributed by atoms with Gasteiger partial charge < -0.3 is 15.1 Å². The molecule has 2 aliphatic heterocycles. The maximum atomic E-state index is 13.4. The summed E-state index contributed by atoms with van der Waals surface area (Å²) in [6.07, 6.45) is 8.21. The number of piperidine rings is 1. The highest BCUT2D eigenvalue weighted by Crippen LogP contribution is 2.42. The molecule has 2 aromatic rings. The van der Waals surface area contributed by atoms with E-state index < -0.39 is 0 Å². The Morgan fingerprint density at radius 3 is 2.44 bits per heavy atom. The molecular formula is C28H37BrClN3O2S. The minimum Gasteiger partial charge on any atom is -0.348 e. The number of likely N-dealkylation sites (tertiary alicyclic amines) is 2. The van der Waals surface area contributed by atoms with Crippen LogP contribution in [0.4, 0.5) is 0 Å². The van der Waals surface area contributed by atoms with E-state index >= 15 is 0 Å². The van der Waals surface area contributed by atoms with Crippen LogP contribution >= 0.6 is 39.7 Å². The lowest BCUT2D eigenvalue weighted by molar-refractivity contribution is -0.139. The van der Waals surface area contributed by atoms with Crippen molar-refractivity contribution in [1.82, 2.24) is 15.1 Å². The van der Waals surface area contributed by atoms with E-state index in [-0.39, 0.29) is 35.7 Å². The van der Waals surface area contributed by atoms with Gasteiger partial charge in [-0.05, 0) is 80.8 Å². The van der Waals surface area contributed by atoms with Crippen LogP contribution < -0.4 is 5.32 Å². The molecule has 8 heteroatoms. The van der Waals surface area contributed by atoms with Crippen LogP contribution in [0.15, 0.2) is 46.3 Å². The second kappa shape index (κ2) is 12.4. The molecule has 1 unspecified atom stereocenters. The largest absolute Gasteiger partial charge is 0.348 e. The van der Waals surface area contributed by atoms with Gasteiger partial charge in [0.15, 0.2) is 0 Å². The van der Waals surface area contributed by atoms with Crippen molar-refractivity contribution in [3.8, 4) is 0 Å².